The summed E-state index contributed by atoms with van der Waals surface area (Å²) in [7, 11) is -0.881. The summed E-state index contributed by atoms with van der Waals surface area (Å²) in [6.07, 6.45) is 2.68. The van der Waals surface area contributed by atoms with E-state index in [1.54, 1.807) is 0 Å². The fraction of sp³-hybridized carbons (Fsp3) is 1.00. The van der Waals surface area contributed by atoms with Gasteiger partial charge in [-0.3, -0.25) is 0 Å². The van der Waals surface area contributed by atoms with Crippen LogP contribution in [0, 0.1) is 5.41 Å². The Kier molecular flexibility index (Phi) is 5.08. The van der Waals surface area contributed by atoms with E-state index < -0.39 is 8.07 Å². The summed E-state index contributed by atoms with van der Waals surface area (Å²) >= 11 is 3.65. The predicted octanol–water partition coefficient (Wildman–Crippen LogP) is 4.53. The summed E-state index contributed by atoms with van der Waals surface area (Å²) < 4.78 is 0. The van der Waals surface area contributed by atoms with E-state index >= 15 is 0 Å². The van der Waals surface area contributed by atoms with Crippen molar-refractivity contribution in [3.63, 3.8) is 0 Å². The van der Waals surface area contributed by atoms with Crippen LogP contribution in [0.25, 0.3) is 0 Å². The third-order valence-electron chi connectivity index (χ3n) is 2.13. The first-order valence-electron chi connectivity index (χ1n) is 4.89. The van der Waals surface area contributed by atoms with Crippen molar-refractivity contribution in [3.8, 4) is 0 Å². The highest BCUT2D eigenvalue weighted by Gasteiger charge is 2.28. The van der Waals surface area contributed by atoms with Gasteiger partial charge in [-0.05, 0) is 11.8 Å². The Morgan fingerprint density at radius 1 is 1.25 bits per heavy atom. The molecule has 0 bridgehead atoms. The molecule has 0 rings (SSSR count). The van der Waals surface area contributed by atoms with Crippen LogP contribution in [0.4, 0.5) is 0 Å². The third kappa shape index (κ3) is 5.36. The van der Waals surface area contributed by atoms with E-state index in [0.717, 1.165) is 5.33 Å². The Bertz CT molecular complexity index is 128. The Morgan fingerprint density at radius 2 is 1.75 bits per heavy atom. The fourth-order valence-electron chi connectivity index (χ4n) is 2.09. The van der Waals surface area contributed by atoms with Gasteiger partial charge in [0.1, 0.15) is 0 Å². The van der Waals surface area contributed by atoms with E-state index in [1.807, 2.05) is 0 Å². The van der Waals surface area contributed by atoms with Crippen molar-refractivity contribution in [1.29, 1.82) is 0 Å². The zero-order chi connectivity index (χ0) is 9.83. The highest BCUT2D eigenvalue weighted by atomic mass is 79.9. The van der Waals surface area contributed by atoms with Crippen molar-refractivity contribution in [1.82, 2.24) is 0 Å². The first-order valence-corrected chi connectivity index (χ1v) is 9.72. The number of alkyl halides is 1. The smallest absolute Gasteiger partial charge is 0.0448 e. The molecule has 12 heavy (non-hydrogen) atoms. The second-order valence-electron chi connectivity index (χ2n) is 5.43. The van der Waals surface area contributed by atoms with Crippen LogP contribution >= 0.6 is 15.9 Å². The number of hydrogen-bond donors (Lipinski definition) is 0. The third-order valence-corrected chi connectivity index (χ3v) is 5.40. The van der Waals surface area contributed by atoms with Gasteiger partial charge in [0.05, 0.1) is 0 Å². The molecule has 0 fully saturated rings. The molecule has 0 heterocycles. The quantitative estimate of drug-likeness (QED) is 0.497. The zero-order valence-corrected chi connectivity index (χ0v) is 11.8. The Morgan fingerprint density at radius 3 is 2.00 bits per heavy atom. The zero-order valence-electron chi connectivity index (χ0n) is 9.21. The predicted molar refractivity (Wildman–Crippen MR) is 65.0 cm³/mol. The normalized spacial score (nSPS) is 17.5. The number of rotatable bonds is 5. The van der Waals surface area contributed by atoms with Gasteiger partial charge >= 0.3 is 0 Å². The van der Waals surface area contributed by atoms with Crippen LogP contribution in [0.1, 0.15) is 26.7 Å². The SMILES string of the molecule is CCCC(C)(CBr)C[Si](C)(C)C. The van der Waals surface area contributed by atoms with E-state index in [-0.39, 0.29) is 0 Å². The van der Waals surface area contributed by atoms with Crippen molar-refractivity contribution in [2.75, 3.05) is 5.33 Å². The van der Waals surface area contributed by atoms with Gasteiger partial charge in [0.15, 0.2) is 0 Å². The number of hydrogen-bond acceptors (Lipinski definition) is 0. The van der Waals surface area contributed by atoms with E-state index in [9.17, 15) is 0 Å². The van der Waals surface area contributed by atoms with Crippen LogP contribution in [0.15, 0.2) is 0 Å². The van der Waals surface area contributed by atoms with Crippen LogP contribution in [0.5, 0.6) is 0 Å². The standard InChI is InChI=1S/C10H23BrSi/c1-6-7-10(2,8-11)9-12(3,4)5/h6-9H2,1-5H3. The average Bonchev–Trinajstić information content (AvgIpc) is 1.84. The molecular weight excluding hydrogens is 228 g/mol. The van der Waals surface area contributed by atoms with Gasteiger partial charge in [-0.1, -0.05) is 61.9 Å². The van der Waals surface area contributed by atoms with E-state index in [2.05, 4.69) is 49.4 Å². The average molecular weight is 251 g/mol. The summed E-state index contributed by atoms with van der Waals surface area (Å²) in [5.74, 6) is 0. The lowest BCUT2D eigenvalue weighted by molar-refractivity contribution is 0.380. The van der Waals surface area contributed by atoms with Gasteiger partial charge in [-0.15, -0.1) is 0 Å². The molecule has 0 nitrogen and oxygen atoms in total. The molecule has 0 aromatic carbocycles. The largest absolute Gasteiger partial charge is 0.0922 e. The Balaban J connectivity index is 4.14. The lowest BCUT2D eigenvalue weighted by atomic mass is 9.90. The van der Waals surface area contributed by atoms with Gasteiger partial charge in [0.25, 0.3) is 0 Å². The molecule has 0 aromatic heterocycles. The van der Waals surface area contributed by atoms with Gasteiger partial charge in [0, 0.05) is 13.4 Å². The molecule has 2 heteroatoms. The van der Waals surface area contributed by atoms with Crippen molar-refractivity contribution in [3.05, 3.63) is 0 Å². The molecule has 0 amide bonds. The molecule has 0 saturated heterocycles. The van der Waals surface area contributed by atoms with Crippen LogP contribution < -0.4 is 0 Å². The molecule has 0 saturated carbocycles. The molecule has 0 aliphatic carbocycles. The molecule has 0 aromatic rings. The summed E-state index contributed by atoms with van der Waals surface area (Å²) in [4.78, 5) is 0. The van der Waals surface area contributed by atoms with E-state index in [0.29, 0.717) is 5.41 Å². The van der Waals surface area contributed by atoms with Crippen LogP contribution in [-0.2, 0) is 0 Å². The minimum absolute atomic E-state index is 0.555. The van der Waals surface area contributed by atoms with E-state index in [1.165, 1.54) is 18.9 Å². The molecular formula is C10H23BrSi. The topological polar surface area (TPSA) is 0 Å². The number of halogens is 1. The van der Waals surface area contributed by atoms with Gasteiger partial charge < -0.3 is 0 Å². The minimum atomic E-state index is -0.881. The van der Waals surface area contributed by atoms with Gasteiger partial charge in [0.2, 0.25) is 0 Å². The summed E-state index contributed by atoms with van der Waals surface area (Å²) in [5, 5.41) is 1.16. The maximum Gasteiger partial charge on any atom is 0.0448 e. The monoisotopic (exact) mass is 250 g/mol. The van der Waals surface area contributed by atoms with Crippen LogP contribution in [0.2, 0.25) is 25.7 Å². The Labute approximate surface area is 87.3 Å². The van der Waals surface area contributed by atoms with Crippen LogP contribution in [-0.4, -0.2) is 13.4 Å². The van der Waals surface area contributed by atoms with Crippen molar-refractivity contribution >= 4 is 24.0 Å². The molecule has 0 spiro atoms. The maximum absolute atomic E-state index is 3.65. The summed E-state index contributed by atoms with van der Waals surface area (Å²) in [6, 6.07) is 1.44. The fourth-order valence-corrected chi connectivity index (χ4v) is 5.79. The highest BCUT2D eigenvalue weighted by Crippen LogP contribution is 2.35. The molecule has 0 aliphatic rings. The van der Waals surface area contributed by atoms with E-state index in [4.69, 9.17) is 0 Å². The highest BCUT2D eigenvalue weighted by molar-refractivity contribution is 9.09. The van der Waals surface area contributed by atoms with Crippen molar-refractivity contribution < 1.29 is 0 Å². The molecule has 0 aliphatic heterocycles. The van der Waals surface area contributed by atoms with Gasteiger partial charge in [-0.25, -0.2) is 0 Å². The summed E-state index contributed by atoms with van der Waals surface area (Å²) in [5.41, 5.74) is 0.555. The first-order chi connectivity index (χ1) is 5.33. The second kappa shape index (κ2) is 4.80. The molecule has 1 atom stereocenters. The molecule has 0 N–H and O–H groups in total. The lowest BCUT2D eigenvalue weighted by Crippen LogP contribution is -2.31. The van der Waals surface area contributed by atoms with Gasteiger partial charge in [-0.2, -0.15) is 0 Å². The van der Waals surface area contributed by atoms with Crippen molar-refractivity contribution in [2.45, 2.75) is 52.4 Å². The Hall–Kier alpha value is 0.697. The first kappa shape index (κ1) is 12.7. The maximum atomic E-state index is 3.65. The van der Waals surface area contributed by atoms with Crippen LogP contribution in [0.3, 0.4) is 0 Å². The molecule has 74 valence electrons. The second-order valence-corrected chi connectivity index (χ2v) is 11.5. The lowest BCUT2D eigenvalue weighted by Gasteiger charge is -2.33. The molecule has 0 radical (unpaired) electrons. The molecule has 1 unspecified atom stereocenters. The minimum Gasteiger partial charge on any atom is -0.0922 e. The van der Waals surface area contributed by atoms with Crippen molar-refractivity contribution in [2.24, 2.45) is 5.41 Å². The summed E-state index contributed by atoms with van der Waals surface area (Å²) in [6.45, 7) is 12.1.